The number of aryl methyl sites for hydroxylation is 1. The molecule has 18 heavy (non-hydrogen) atoms. The largest absolute Gasteiger partial charge is 0.252 e. The molecule has 0 fully saturated rings. The maximum atomic E-state index is 12.2. The number of halogens is 1. The van der Waals surface area contributed by atoms with Crippen molar-refractivity contribution in [2.45, 2.75) is 24.1 Å². The molecule has 2 aromatic heterocycles. The summed E-state index contributed by atoms with van der Waals surface area (Å²) in [7, 11) is -3.57. The van der Waals surface area contributed by atoms with Gasteiger partial charge in [0, 0.05) is 4.88 Å². The van der Waals surface area contributed by atoms with Gasteiger partial charge in [-0.3, -0.25) is 0 Å². The van der Waals surface area contributed by atoms with Gasteiger partial charge < -0.3 is 0 Å². The Morgan fingerprint density at radius 2 is 2.22 bits per heavy atom. The molecule has 98 valence electrons. The van der Waals surface area contributed by atoms with Crippen molar-refractivity contribution in [3.05, 3.63) is 32.6 Å². The normalized spacial score (nSPS) is 13.7. The molecule has 2 heterocycles. The first kappa shape index (κ1) is 14.0. The van der Waals surface area contributed by atoms with Crippen molar-refractivity contribution in [1.82, 2.24) is 9.71 Å². The predicted molar refractivity (Wildman–Crippen MR) is 74.9 cm³/mol. The van der Waals surface area contributed by atoms with E-state index in [1.54, 1.807) is 13.8 Å². The van der Waals surface area contributed by atoms with Gasteiger partial charge in [0.25, 0.3) is 10.0 Å². The molecule has 1 atom stereocenters. The molecular weight excluding hydrogens is 312 g/mol. The maximum Gasteiger partial charge on any atom is 0.252 e. The van der Waals surface area contributed by atoms with Crippen LogP contribution in [0.1, 0.15) is 23.5 Å². The summed E-state index contributed by atoms with van der Waals surface area (Å²) in [6.07, 6.45) is 0. The van der Waals surface area contributed by atoms with Gasteiger partial charge in [-0.1, -0.05) is 29.0 Å². The van der Waals surface area contributed by atoms with E-state index < -0.39 is 10.0 Å². The highest BCUT2D eigenvalue weighted by molar-refractivity contribution is 7.91. The minimum Gasteiger partial charge on any atom is -0.229 e. The second-order valence-corrected chi connectivity index (χ2v) is 8.17. The molecule has 0 radical (unpaired) electrons. The van der Waals surface area contributed by atoms with Gasteiger partial charge in [-0.25, -0.2) is 18.1 Å². The minimum absolute atomic E-state index is 0.177. The topological polar surface area (TPSA) is 59.1 Å². The van der Waals surface area contributed by atoms with Crippen molar-refractivity contribution < 1.29 is 8.42 Å². The summed E-state index contributed by atoms with van der Waals surface area (Å²) in [6, 6.07) is 3.51. The highest BCUT2D eigenvalue weighted by atomic mass is 35.5. The first-order valence-electron chi connectivity index (χ1n) is 5.09. The lowest BCUT2D eigenvalue weighted by atomic mass is 10.3. The van der Waals surface area contributed by atoms with E-state index in [-0.39, 0.29) is 14.7 Å². The summed E-state index contributed by atoms with van der Waals surface area (Å²) in [5.41, 5.74) is 0.427. The first-order valence-corrected chi connectivity index (χ1v) is 8.64. The molecule has 0 saturated carbocycles. The van der Waals surface area contributed by atoms with Crippen molar-refractivity contribution in [1.29, 1.82) is 0 Å². The second-order valence-electron chi connectivity index (χ2n) is 3.70. The predicted octanol–water partition coefficient (Wildman–Crippen LogP) is 3.21. The molecule has 1 N–H and O–H groups in total. The van der Waals surface area contributed by atoms with E-state index in [4.69, 9.17) is 11.6 Å². The van der Waals surface area contributed by atoms with Gasteiger partial charge in [0.15, 0.2) is 8.68 Å². The van der Waals surface area contributed by atoms with Gasteiger partial charge >= 0.3 is 0 Å². The summed E-state index contributed by atoms with van der Waals surface area (Å²) in [6.45, 7) is 3.44. The van der Waals surface area contributed by atoms with E-state index in [0.29, 0.717) is 5.69 Å². The van der Waals surface area contributed by atoms with Crippen molar-refractivity contribution in [2.75, 3.05) is 0 Å². The molecule has 4 nitrogen and oxygen atoms in total. The molecule has 0 aliphatic heterocycles. The van der Waals surface area contributed by atoms with E-state index in [1.165, 1.54) is 11.3 Å². The van der Waals surface area contributed by atoms with Crippen LogP contribution < -0.4 is 4.72 Å². The average Bonchev–Trinajstić information content (AvgIpc) is 2.86. The number of thiazole rings is 1. The SMILES string of the molecule is Cc1nc(Cl)sc1S(=O)(=O)NC(C)c1cccs1. The lowest BCUT2D eigenvalue weighted by Crippen LogP contribution is -2.26. The lowest BCUT2D eigenvalue weighted by molar-refractivity contribution is 0.570. The molecular formula is C10H11ClN2O2S3. The standard InChI is InChI=1S/C10H11ClN2O2S3/c1-6(8-4-3-5-16-8)13-18(14,15)9-7(2)12-10(11)17-9/h3-6,13H,1-2H3. The molecule has 0 amide bonds. The Morgan fingerprint density at radius 1 is 1.50 bits per heavy atom. The third-order valence-electron chi connectivity index (χ3n) is 2.27. The molecule has 8 heteroatoms. The number of rotatable bonds is 4. The fraction of sp³-hybridized carbons (Fsp3) is 0.300. The van der Waals surface area contributed by atoms with Crippen LogP contribution in [-0.2, 0) is 10.0 Å². The van der Waals surface area contributed by atoms with Gasteiger partial charge in [0.05, 0.1) is 11.7 Å². The monoisotopic (exact) mass is 322 g/mol. The summed E-state index contributed by atoms with van der Waals surface area (Å²) in [5, 5.41) is 1.91. The van der Waals surface area contributed by atoms with Crippen LogP contribution in [0, 0.1) is 6.92 Å². The van der Waals surface area contributed by atoms with Crippen LogP contribution in [0.5, 0.6) is 0 Å². The van der Waals surface area contributed by atoms with E-state index in [2.05, 4.69) is 9.71 Å². The van der Waals surface area contributed by atoms with E-state index in [0.717, 1.165) is 16.2 Å². The van der Waals surface area contributed by atoms with Crippen molar-refractivity contribution in [3.8, 4) is 0 Å². The van der Waals surface area contributed by atoms with Gasteiger partial charge in [0.1, 0.15) is 0 Å². The Labute approximate surface area is 119 Å². The Balaban J connectivity index is 2.25. The van der Waals surface area contributed by atoms with Gasteiger partial charge in [-0.2, -0.15) is 0 Å². The van der Waals surface area contributed by atoms with E-state index in [1.807, 2.05) is 17.5 Å². The summed E-state index contributed by atoms with van der Waals surface area (Å²) >= 11 is 8.20. The average molecular weight is 323 g/mol. The number of aromatic nitrogens is 1. The lowest BCUT2D eigenvalue weighted by Gasteiger charge is -2.11. The molecule has 0 bridgehead atoms. The van der Waals surface area contributed by atoms with E-state index >= 15 is 0 Å². The smallest absolute Gasteiger partial charge is 0.229 e. The summed E-state index contributed by atoms with van der Waals surface area (Å²) in [4.78, 5) is 4.88. The Bertz CT molecular complexity index is 634. The fourth-order valence-electron chi connectivity index (χ4n) is 1.48. The van der Waals surface area contributed by atoms with Crippen LogP contribution in [0.3, 0.4) is 0 Å². The molecule has 0 saturated heterocycles. The van der Waals surface area contributed by atoms with Gasteiger partial charge in [-0.05, 0) is 25.3 Å². The molecule has 0 spiro atoms. The fourth-order valence-corrected chi connectivity index (χ4v) is 5.27. The molecule has 0 aliphatic rings. The number of hydrogen-bond acceptors (Lipinski definition) is 5. The van der Waals surface area contributed by atoms with Crippen LogP contribution in [0.25, 0.3) is 0 Å². The zero-order chi connectivity index (χ0) is 13.3. The van der Waals surface area contributed by atoms with Crippen LogP contribution in [0.4, 0.5) is 0 Å². The minimum atomic E-state index is -3.57. The third kappa shape index (κ3) is 2.92. The third-order valence-corrected chi connectivity index (χ3v) is 6.74. The van der Waals surface area contributed by atoms with Gasteiger partial charge in [-0.15, -0.1) is 11.3 Å². The number of thiophene rings is 1. The van der Waals surface area contributed by atoms with Crippen LogP contribution in [0.2, 0.25) is 4.47 Å². The number of hydrogen-bond donors (Lipinski definition) is 1. The number of nitrogens with zero attached hydrogens (tertiary/aromatic N) is 1. The molecule has 1 unspecified atom stereocenters. The Hall–Kier alpha value is -0.470. The first-order chi connectivity index (χ1) is 8.40. The van der Waals surface area contributed by atoms with Crippen molar-refractivity contribution in [2.24, 2.45) is 0 Å². The van der Waals surface area contributed by atoms with Crippen molar-refractivity contribution >= 4 is 44.3 Å². The highest BCUT2D eigenvalue weighted by Gasteiger charge is 2.24. The van der Waals surface area contributed by atoms with Crippen molar-refractivity contribution in [3.63, 3.8) is 0 Å². The highest BCUT2D eigenvalue weighted by Crippen LogP contribution is 2.28. The zero-order valence-electron chi connectivity index (χ0n) is 9.68. The quantitative estimate of drug-likeness (QED) is 0.940. The molecule has 0 aliphatic carbocycles. The van der Waals surface area contributed by atoms with E-state index in [9.17, 15) is 8.42 Å². The molecule has 0 aromatic carbocycles. The molecule has 2 rings (SSSR count). The zero-order valence-corrected chi connectivity index (χ0v) is 12.9. The number of nitrogens with one attached hydrogen (secondary N) is 1. The Kier molecular flexibility index (Phi) is 4.08. The van der Waals surface area contributed by atoms with Crippen LogP contribution in [-0.4, -0.2) is 13.4 Å². The molecule has 2 aromatic rings. The van der Waals surface area contributed by atoms with Gasteiger partial charge in [0.2, 0.25) is 0 Å². The van der Waals surface area contributed by atoms with Crippen LogP contribution in [0.15, 0.2) is 21.7 Å². The second kappa shape index (κ2) is 5.26. The summed E-state index contributed by atoms with van der Waals surface area (Å²) < 4.78 is 27.4. The Morgan fingerprint density at radius 3 is 2.72 bits per heavy atom. The number of sulfonamides is 1. The van der Waals surface area contributed by atoms with Crippen LogP contribution >= 0.6 is 34.3 Å². The maximum absolute atomic E-state index is 12.2. The summed E-state index contributed by atoms with van der Waals surface area (Å²) in [5.74, 6) is 0.